The highest BCUT2D eigenvalue weighted by Gasteiger charge is 2.11. The molecule has 0 aliphatic carbocycles. The fraction of sp³-hybridized carbons (Fsp3) is 0.875. The molecular formula is C8H19N2. The molecule has 0 aromatic rings. The van der Waals surface area contributed by atoms with Crippen molar-refractivity contribution in [3.8, 4) is 0 Å². The van der Waals surface area contributed by atoms with E-state index < -0.39 is 0 Å². The van der Waals surface area contributed by atoms with E-state index in [1.165, 1.54) is 5.92 Å². The zero-order valence-electron chi connectivity index (χ0n) is 7.28. The average Bonchev–Trinajstić information content (AvgIpc) is 1.91. The van der Waals surface area contributed by atoms with Crippen LogP contribution in [-0.4, -0.2) is 12.7 Å². The minimum atomic E-state index is 0.111. The monoisotopic (exact) mass is 143 g/mol. The topological polar surface area (TPSA) is 38.0 Å². The summed E-state index contributed by atoms with van der Waals surface area (Å²) < 4.78 is 0. The van der Waals surface area contributed by atoms with Crippen molar-refractivity contribution in [3.63, 3.8) is 0 Å². The van der Waals surface area contributed by atoms with Crippen LogP contribution in [0.25, 0.3) is 0 Å². The second-order valence-corrected chi connectivity index (χ2v) is 2.40. The maximum atomic E-state index is 5.80. The van der Waals surface area contributed by atoms with E-state index >= 15 is 0 Å². The SMILES string of the molecule is CCNC(N)[C](CC)CC. The largest absolute Gasteiger partial charge is 0.315 e. The summed E-state index contributed by atoms with van der Waals surface area (Å²) in [6, 6.07) is 0. The Balaban J connectivity index is 3.53. The van der Waals surface area contributed by atoms with Gasteiger partial charge in [-0.2, -0.15) is 0 Å². The summed E-state index contributed by atoms with van der Waals surface area (Å²) in [5.74, 6) is 1.40. The molecule has 1 atom stereocenters. The minimum Gasteiger partial charge on any atom is -0.315 e. The first-order chi connectivity index (χ1) is 4.76. The Kier molecular flexibility index (Phi) is 5.64. The van der Waals surface area contributed by atoms with Crippen molar-refractivity contribution < 1.29 is 0 Å². The Labute approximate surface area is 64.2 Å². The Bertz CT molecular complexity index is 69.7. The molecule has 0 heterocycles. The quantitative estimate of drug-likeness (QED) is 0.569. The van der Waals surface area contributed by atoms with Gasteiger partial charge in [0.1, 0.15) is 0 Å². The van der Waals surface area contributed by atoms with Crippen molar-refractivity contribution in [3.05, 3.63) is 5.92 Å². The molecule has 3 N–H and O–H groups in total. The molecule has 0 spiro atoms. The first kappa shape index (κ1) is 9.92. The molecular weight excluding hydrogens is 124 g/mol. The van der Waals surface area contributed by atoms with Gasteiger partial charge >= 0.3 is 0 Å². The lowest BCUT2D eigenvalue weighted by atomic mass is 10.0. The molecule has 1 unspecified atom stereocenters. The van der Waals surface area contributed by atoms with Crippen molar-refractivity contribution in [1.29, 1.82) is 0 Å². The van der Waals surface area contributed by atoms with E-state index in [4.69, 9.17) is 5.73 Å². The van der Waals surface area contributed by atoms with Crippen LogP contribution in [0.5, 0.6) is 0 Å². The van der Waals surface area contributed by atoms with Crippen molar-refractivity contribution in [2.75, 3.05) is 6.54 Å². The second-order valence-electron chi connectivity index (χ2n) is 2.40. The third-order valence-corrected chi connectivity index (χ3v) is 1.77. The van der Waals surface area contributed by atoms with Gasteiger partial charge in [-0.15, -0.1) is 0 Å². The molecule has 0 aliphatic heterocycles. The molecule has 0 saturated heterocycles. The van der Waals surface area contributed by atoms with Crippen molar-refractivity contribution in [2.24, 2.45) is 5.73 Å². The Morgan fingerprint density at radius 2 is 1.80 bits per heavy atom. The first-order valence-electron chi connectivity index (χ1n) is 4.09. The van der Waals surface area contributed by atoms with Gasteiger partial charge in [0.05, 0.1) is 6.17 Å². The molecule has 2 nitrogen and oxygen atoms in total. The smallest absolute Gasteiger partial charge is 0.0610 e. The molecule has 10 heavy (non-hydrogen) atoms. The number of hydrogen-bond donors (Lipinski definition) is 2. The van der Waals surface area contributed by atoms with E-state index in [1.807, 2.05) is 0 Å². The first-order valence-corrected chi connectivity index (χ1v) is 4.09. The highest BCUT2D eigenvalue weighted by Crippen LogP contribution is 2.11. The standard InChI is InChI=1S/C8H19N2/c1-4-7(5-2)8(9)10-6-3/h8,10H,4-6,9H2,1-3H3. The number of nitrogens with two attached hydrogens (primary N) is 1. The van der Waals surface area contributed by atoms with Gasteiger partial charge in [0.2, 0.25) is 0 Å². The summed E-state index contributed by atoms with van der Waals surface area (Å²) in [7, 11) is 0. The molecule has 0 amide bonds. The van der Waals surface area contributed by atoms with Gasteiger partial charge in [-0.25, -0.2) is 0 Å². The summed E-state index contributed by atoms with van der Waals surface area (Å²) in [6.07, 6.45) is 2.29. The van der Waals surface area contributed by atoms with Gasteiger partial charge in [-0.3, -0.25) is 0 Å². The fourth-order valence-electron chi connectivity index (χ4n) is 1.05. The fourth-order valence-corrected chi connectivity index (χ4v) is 1.05. The van der Waals surface area contributed by atoms with Crippen molar-refractivity contribution in [1.82, 2.24) is 5.32 Å². The van der Waals surface area contributed by atoms with Gasteiger partial charge in [-0.1, -0.05) is 20.8 Å². The summed E-state index contributed by atoms with van der Waals surface area (Å²) in [6.45, 7) is 7.32. The number of nitrogens with one attached hydrogen (secondary N) is 1. The predicted octanol–water partition coefficient (Wildman–Crippen LogP) is 1.28. The second kappa shape index (κ2) is 5.69. The molecule has 61 valence electrons. The van der Waals surface area contributed by atoms with Gasteiger partial charge in [0.25, 0.3) is 0 Å². The van der Waals surface area contributed by atoms with E-state index in [0.717, 1.165) is 19.4 Å². The molecule has 0 aliphatic rings. The molecule has 0 saturated carbocycles. The van der Waals surface area contributed by atoms with E-state index in [9.17, 15) is 0 Å². The Morgan fingerprint density at radius 1 is 1.30 bits per heavy atom. The van der Waals surface area contributed by atoms with Crippen molar-refractivity contribution in [2.45, 2.75) is 39.8 Å². The predicted molar refractivity (Wildman–Crippen MR) is 45.5 cm³/mol. The zero-order chi connectivity index (χ0) is 7.98. The third kappa shape index (κ3) is 3.18. The van der Waals surface area contributed by atoms with Gasteiger partial charge in [0, 0.05) is 5.92 Å². The highest BCUT2D eigenvalue weighted by molar-refractivity contribution is 4.95. The Morgan fingerprint density at radius 3 is 2.10 bits per heavy atom. The van der Waals surface area contributed by atoms with Gasteiger partial charge < -0.3 is 11.1 Å². The lowest BCUT2D eigenvalue weighted by Crippen LogP contribution is -2.42. The molecule has 0 rings (SSSR count). The van der Waals surface area contributed by atoms with Crippen LogP contribution in [0.2, 0.25) is 0 Å². The van der Waals surface area contributed by atoms with Crippen LogP contribution in [0.15, 0.2) is 0 Å². The molecule has 2 heteroatoms. The van der Waals surface area contributed by atoms with Crippen molar-refractivity contribution >= 4 is 0 Å². The summed E-state index contributed by atoms with van der Waals surface area (Å²) >= 11 is 0. The summed E-state index contributed by atoms with van der Waals surface area (Å²) in [5.41, 5.74) is 5.80. The van der Waals surface area contributed by atoms with E-state index in [0.29, 0.717) is 0 Å². The Hall–Kier alpha value is -0.0800. The summed E-state index contributed by atoms with van der Waals surface area (Å²) in [5, 5.41) is 3.19. The normalized spacial score (nSPS) is 14.1. The van der Waals surface area contributed by atoms with Crippen LogP contribution < -0.4 is 11.1 Å². The number of rotatable bonds is 5. The van der Waals surface area contributed by atoms with E-state index in [-0.39, 0.29) is 6.17 Å². The van der Waals surface area contributed by atoms with E-state index in [1.54, 1.807) is 0 Å². The molecule has 1 radical (unpaired) electrons. The van der Waals surface area contributed by atoms with Gasteiger partial charge in [-0.05, 0) is 19.4 Å². The molecule has 0 aromatic heterocycles. The zero-order valence-corrected chi connectivity index (χ0v) is 7.28. The van der Waals surface area contributed by atoms with Crippen LogP contribution >= 0.6 is 0 Å². The lowest BCUT2D eigenvalue weighted by molar-refractivity contribution is 0.515. The average molecular weight is 143 g/mol. The van der Waals surface area contributed by atoms with E-state index in [2.05, 4.69) is 26.1 Å². The summed E-state index contributed by atoms with van der Waals surface area (Å²) in [4.78, 5) is 0. The minimum absolute atomic E-state index is 0.111. The maximum Gasteiger partial charge on any atom is 0.0610 e. The van der Waals surface area contributed by atoms with Crippen LogP contribution in [-0.2, 0) is 0 Å². The van der Waals surface area contributed by atoms with Gasteiger partial charge in [0.15, 0.2) is 0 Å². The van der Waals surface area contributed by atoms with Crippen LogP contribution in [0, 0.1) is 5.92 Å². The molecule has 0 fully saturated rings. The molecule has 0 bridgehead atoms. The number of hydrogen-bond acceptors (Lipinski definition) is 2. The van der Waals surface area contributed by atoms with Crippen LogP contribution in [0.1, 0.15) is 33.6 Å². The lowest BCUT2D eigenvalue weighted by Gasteiger charge is -2.20. The van der Waals surface area contributed by atoms with Crippen LogP contribution in [0.3, 0.4) is 0 Å². The molecule has 0 aromatic carbocycles. The maximum absolute atomic E-state index is 5.80. The van der Waals surface area contributed by atoms with Crippen LogP contribution in [0.4, 0.5) is 0 Å². The third-order valence-electron chi connectivity index (χ3n) is 1.77. The highest BCUT2D eigenvalue weighted by atomic mass is 15.0.